The lowest BCUT2D eigenvalue weighted by Crippen LogP contribution is -2.39. The quantitative estimate of drug-likeness (QED) is 0.890. The number of carbonyl (C=O) groups is 1. The summed E-state index contributed by atoms with van der Waals surface area (Å²) in [6, 6.07) is 8.47. The molecule has 0 unspecified atom stereocenters. The number of carbonyl (C=O) groups excluding carboxylic acids is 1. The van der Waals surface area contributed by atoms with Crippen molar-refractivity contribution in [3.63, 3.8) is 0 Å². The van der Waals surface area contributed by atoms with Gasteiger partial charge in [0.1, 0.15) is 5.78 Å². The summed E-state index contributed by atoms with van der Waals surface area (Å²) in [6.45, 7) is 7.26. The van der Waals surface area contributed by atoms with Gasteiger partial charge in [-0.2, -0.15) is 0 Å². The van der Waals surface area contributed by atoms with Gasteiger partial charge in [0.15, 0.2) is 0 Å². The lowest BCUT2D eigenvalue weighted by atomic mass is 9.65. The van der Waals surface area contributed by atoms with Gasteiger partial charge in [-0.3, -0.25) is 4.79 Å². The molecule has 0 radical (unpaired) electrons. The largest absolute Gasteiger partial charge is 0.330 e. The lowest BCUT2D eigenvalue weighted by molar-refractivity contribution is -0.122. The number of hydrogen-bond donors (Lipinski definition) is 1. The maximum Gasteiger partial charge on any atom is 0.137 e. The Labute approximate surface area is 122 Å². The van der Waals surface area contributed by atoms with Crippen molar-refractivity contribution < 1.29 is 4.79 Å². The molecule has 0 aromatic heterocycles. The fourth-order valence-electron chi connectivity index (χ4n) is 2.96. The van der Waals surface area contributed by atoms with Gasteiger partial charge >= 0.3 is 0 Å². The molecule has 1 aromatic carbocycles. The van der Waals surface area contributed by atoms with E-state index >= 15 is 0 Å². The van der Waals surface area contributed by atoms with E-state index in [2.05, 4.69) is 45.0 Å². The SMILES string of the molecule is CC(C)(C)c1ccc(CC(=O)CC2(CN)CCC2)cc1. The highest BCUT2D eigenvalue weighted by molar-refractivity contribution is 5.81. The zero-order valence-electron chi connectivity index (χ0n) is 13.0. The van der Waals surface area contributed by atoms with Crippen LogP contribution in [-0.2, 0) is 16.6 Å². The normalized spacial score (nSPS) is 17.6. The highest BCUT2D eigenvalue weighted by atomic mass is 16.1. The Balaban J connectivity index is 1.95. The maximum atomic E-state index is 12.2. The van der Waals surface area contributed by atoms with Crippen LogP contribution in [0.25, 0.3) is 0 Å². The van der Waals surface area contributed by atoms with Crippen molar-refractivity contribution in [2.45, 2.75) is 58.3 Å². The zero-order chi connectivity index (χ0) is 14.8. The summed E-state index contributed by atoms with van der Waals surface area (Å²) < 4.78 is 0. The molecule has 0 spiro atoms. The molecule has 0 aliphatic heterocycles. The number of hydrogen-bond acceptors (Lipinski definition) is 2. The van der Waals surface area contributed by atoms with E-state index in [1.54, 1.807) is 0 Å². The fraction of sp³-hybridized carbons (Fsp3) is 0.611. The van der Waals surface area contributed by atoms with Crippen LogP contribution in [0.5, 0.6) is 0 Å². The van der Waals surface area contributed by atoms with Gasteiger partial charge in [0, 0.05) is 12.8 Å². The highest BCUT2D eigenvalue weighted by Gasteiger charge is 2.37. The molecular formula is C18H27NO. The summed E-state index contributed by atoms with van der Waals surface area (Å²) in [5.41, 5.74) is 8.55. The summed E-state index contributed by atoms with van der Waals surface area (Å²) in [7, 11) is 0. The molecule has 1 aliphatic carbocycles. The molecule has 2 heteroatoms. The summed E-state index contributed by atoms with van der Waals surface area (Å²) in [6.07, 6.45) is 4.68. The number of ketones is 1. The summed E-state index contributed by atoms with van der Waals surface area (Å²) in [5.74, 6) is 0.332. The smallest absolute Gasteiger partial charge is 0.137 e. The molecule has 2 N–H and O–H groups in total. The molecule has 0 saturated heterocycles. The van der Waals surface area contributed by atoms with Gasteiger partial charge in [-0.05, 0) is 41.3 Å². The molecule has 0 atom stereocenters. The van der Waals surface area contributed by atoms with Crippen LogP contribution in [0.3, 0.4) is 0 Å². The van der Waals surface area contributed by atoms with Crippen molar-refractivity contribution in [2.24, 2.45) is 11.1 Å². The van der Waals surface area contributed by atoms with Crippen LogP contribution in [0.4, 0.5) is 0 Å². The Morgan fingerprint density at radius 2 is 1.80 bits per heavy atom. The first-order valence-corrected chi connectivity index (χ1v) is 7.66. The van der Waals surface area contributed by atoms with E-state index in [1.165, 1.54) is 12.0 Å². The third-order valence-electron chi connectivity index (χ3n) is 4.64. The molecule has 110 valence electrons. The Bertz CT molecular complexity index is 458. The predicted octanol–water partition coefficient (Wildman–Crippen LogP) is 3.61. The second-order valence-electron chi connectivity index (χ2n) is 7.40. The topological polar surface area (TPSA) is 43.1 Å². The van der Waals surface area contributed by atoms with Crippen molar-refractivity contribution in [1.29, 1.82) is 0 Å². The first kappa shape index (κ1) is 15.2. The number of rotatable bonds is 5. The number of benzene rings is 1. The van der Waals surface area contributed by atoms with Crippen LogP contribution in [0.2, 0.25) is 0 Å². The van der Waals surface area contributed by atoms with Gasteiger partial charge in [0.05, 0.1) is 0 Å². The van der Waals surface area contributed by atoms with Crippen molar-refractivity contribution in [3.8, 4) is 0 Å². The van der Waals surface area contributed by atoms with Crippen LogP contribution < -0.4 is 5.73 Å². The summed E-state index contributed by atoms with van der Waals surface area (Å²) in [5, 5.41) is 0. The third kappa shape index (κ3) is 3.49. The molecule has 1 aromatic rings. The monoisotopic (exact) mass is 273 g/mol. The Morgan fingerprint density at radius 3 is 2.20 bits per heavy atom. The molecule has 0 bridgehead atoms. The molecule has 1 aliphatic rings. The van der Waals surface area contributed by atoms with E-state index in [9.17, 15) is 4.79 Å². The minimum atomic E-state index is 0.127. The average molecular weight is 273 g/mol. The van der Waals surface area contributed by atoms with Crippen molar-refractivity contribution in [1.82, 2.24) is 0 Å². The standard InChI is InChI=1S/C18H27NO/c1-17(2,3)15-7-5-14(6-8-15)11-16(20)12-18(13-19)9-4-10-18/h5-8H,4,9-13,19H2,1-3H3. The Hall–Kier alpha value is -1.15. The molecule has 0 amide bonds. The highest BCUT2D eigenvalue weighted by Crippen LogP contribution is 2.43. The van der Waals surface area contributed by atoms with Crippen LogP contribution >= 0.6 is 0 Å². The van der Waals surface area contributed by atoms with Gasteiger partial charge < -0.3 is 5.73 Å². The minimum absolute atomic E-state index is 0.127. The van der Waals surface area contributed by atoms with Crippen molar-refractivity contribution >= 4 is 5.78 Å². The minimum Gasteiger partial charge on any atom is -0.330 e. The van der Waals surface area contributed by atoms with Crippen molar-refractivity contribution in [2.75, 3.05) is 6.54 Å². The molecule has 2 rings (SSSR count). The molecule has 1 fully saturated rings. The van der Waals surface area contributed by atoms with Gasteiger partial charge in [-0.25, -0.2) is 0 Å². The molecular weight excluding hydrogens is 246 g/mol. The van der Waals surface area contributed by atoms with E-state index in [-0.39, 0.29) is 10.8 Å². The van der Waals surface area contributed by atoms with Crippen molar-refractivity contribution in [3.05, 3.63) is 35.4 Å². The van der Waals surface area contributed by atoms with Crippen LogP contribution in [0, 0.1) is 5.41 Å². The second kappa shape index (κ2) is 5.69. The predicted molar refractivity (Wildman–Crippen MR) is 83.8 cm³/mol. The van der Waals surface area contributed by atoms with Gasteiger partial charge in [0.25, 0.3) is 0 Å². The molecule has 2 nitrogen and oxygen atoms in total. The molecule has 0 heterocycles. The van der Waals surface area contributed by atoms with E-state index in [1.807, 2.05) is 0 Å². The van der Waals surface area contributed by atoms with Crippen LogP contribution in [0.15, 0.2) is 24.3 Å². The Morgan fingerprint density at radius 1 is 1.20 bits per heavy atom. The van der Waals surface area contributed by atoms with Gasteiger partial charge in [0.2, 0.25) is 0 Å². The number of nitrogens with two attached hydrogens (primary N) is 1. The van der Waals surface area contributed by atoms with Gasteiger partial charge in [-0.15, -0.1) is 0 Å². The summed E-state index contributed by atoms with van der Waals surface area (Å²) in [4.78, 5) is 12.2. The molecule has 20 heavy (non-hydrogen) atoms. The average Bonchev–Trinajstić information content (AvgIpc) is 2.33. The lowest BCUT2D eigenvalue weighted by Gasteiger charge is -2.40. The zero-order valence-corrected chi connectivity index (χ0v) is 13.0. The van der Waals surface area contributed by atoms with E-state index in [4.69, 9.17) is 5.73 Å². The van der Waals surface area contributed by atoms with Crippen LogP contribution in [0.1, 0.15) is 57.6 Å². The van der Waals surface area contributed by atoms with Gasteiger partial charge in [-0.1, -0.05) is 51.5 Å². The molecule has 1 saturated carbocycles. The first-order valence-electron chi connectivity index (χ1n) is 7.66. The van der Waals surface area contributed by atoms with Crippen LogP contribution in [-0.4, -0.2) is 12.3 Å². The third-order valence-corrected chi connectivity index (χ3v) is 4.64. The summed E-state index contributed by atoms with van der Waals surface area (Å²) >= 11 is 0. The van der Waals surface area contributed by atoms with E-state index in [0.29, 0.717) is 25.2 Å². The second-order valence-corrected chi connectivity index (χ2v) is 7.40. The van der Waals surface area contributed by atoms with E-state index < -0.39 is 0 Å². The van der Waals surface area contributed by atoms with E-state index in [0.717, 1.165) is 18.4 Å². The Kier molecular flexibility index (Phi) is 4.33. The maximum absolute atomic E-state index is 12.2. The first-order chi connectivity index (χ1) is 9.35. The fourth-order valence-corrected chi connectivity index (χ4v) is 2.96. The number of Topliss-reactive ketones (excluding diaryl/α,β-unsaturated/α-hetero) is 1.